The molecule has 1 unspecified atom stereocenters. The van der Waals surface area contributed by atoms with E-state index in [0.717, 1.165) is 12.1 Å². The number of hydrogen-bond donors (Lipinski definition) is 2. The van der Waals surface area contributed by atoms with E-state index >= 15 is 0 Å². The normalized spacial score (nSPS) is 11.8. The van der Waals surface area contributed by atoms with E-state index in [1.165, 1.54) is 0 Å². The van der Waals surface area contributed by atoms with Gasteiger partial charge in [-0.25, -0.2) is 4.98 Å². The van der Waals surface area contributed by atoms with E-state index in [4.69, 9.17) is 0 Å². The lowest BCUT2D eigenvalue weighted by Crippen LogP contribution is -2.37. The van der Waals surface area contributed by atoms with Crippen molar-refractivity contribution in [1.29, 1.82) is 0 Å². The predicted octanol–water partition coefficient (Wildman–Crippen LogP) is 1.11. The maximum atomic E-state index is 11.8. The van der Waals surface area contributed by atoms with Crippen LogP contribution in [0.5, 0.6) is 0 Å². The summed E-state index contributed by atoms with van der Waals surface area (Å²) in [5.74, 6) is 1.26. The Morgan fingerprint density at radius 2 is 2.17 bits per heavy atom. The van der Waals surface area contributed by atoms with Crippen LogP contribution in [0.15, 0.2) is 6.20 Å². The Labute approximate surface area is 108 Å². The van der Waals surface area contributed by atoms with Crippen LogP contribution in [0.4, 0.5) is 11.8 Å². The van der Waals surface area contributed by atoms with Gasteiger partial charge in [-0.2, -0.15) is 4.98 Å². The Balaban J connectivity index is 2.82. The fourth-order valence-corrected chi connectivity index (χ4v) is 1.49. The molecular weight excluding hydrogens is 230 g/mol. The van der Waals surface area contributed by atoms with Crippen molar-refractivity contribution in [2.45, 2.75) is 26.8 Å². The fourth-order valence-electron chi connectivity index (χ4n) is 1.49. The summed E-state index contributed by atoms with van der Waals surface area (Å²) in [6.07, 6.45) is 1.74. The first-order valence-electron chi connectivity index (χ1n) is 6.01. The van der Waals surface area contributed by atoms with Crippen molar-refractivity contribution in [3.63, 3.8) is 0 Å². The molecule has 100 valence electrons. The number of carbonyl (C=O) groups is 1. The first-order valence-corrected chi connectivity index (χ1v) is 6.01. The van der Waals surface area contributed by atoms with Gasteiger partial charge in [0.1, 0.15) is 11.9 Å². The number of hydrogen-bond acceptors (Lipinski definition) is 5. The molecule has 0 spiro atoms. The van der Waals surface area contributed by atoms with Gasteiger partial charge < -0.3 is 15.5 Å². The smallest absolute Gasteiger partial charge is 0.244 e. The molecule has 0 fully saturated rings. The van der Waals surface area contributed by atoms with Crippen LogP contribution in [0.3, 0.4) is 0 Å². The average Bonchev–Trinajstić information content (AvgIpc) is 2.32. The second kappa shape index (κ2) is 6.18. The summed E-state index contributed by atoms with van der Waals surface area (Å²) in [6.45, 7) is 6.46. The van der Waals surface area contributed by atoms with E-state index in [1.807, 2.05) is 20.8 Å². The maximum absolute atomic E-state index is 11.8. The number of nitrogens with zero attached hydrogens (tertiary/aromatic N) is 3. The molecule has 0 aliphatic carbocycles. The molecule has 1 aromatic heterocycles. The highest BCUT2D eigenvalue weighted by atomic mass is 16.2. The van der Waals surface area contributed by atoms with Crippen LogP contribution in [0, 0.1) is 6.92 Å². The molecular formula is C12H21N5O. The Morgan fingerprint density at radius 1 is 1.50 bits per heavy atom. The van der Waals surface area contributed by atoms with Gasteiger partial charge in [-0.15, -0.1) is 0 Å². The molecule has 0 bridgehead atoms. The molecule has 1 aromatic rings. The van der Waals surface area contributed by atoms with Crippen molar-refractivity contribution in [3.05, 3.63) is 11.8 Å². The van der Waals surface area contributed by atoms with Crippen LogP contribution >= 0.6 is 0 Å². The monoisotopic (exact) mass is 251 g/mol. The van der Waals surface area contributed by atoms with Crippen LogP contribution in [-0.2, 0) is 4.79 Å². The summed E-state index contributed by atoms with van der Waals surface area (Å²) >= 11 is 0. The molecule has 6 heteroatoms. The minimum absolute atomic E-state index is 0.0120. The zero-order valence-corrected chi connectivity index (χ0v) is 11.6. The minimum Gasteiger partial charge on any atom is -0.358 e. The molecule has 1 amide bonds. The largest absolute Gasteiger partial charge is 0.358 e. The Hall–Kier alpha value is -1.85. The molecule has 1 heterocycles. The quantitative estimate of drug-likeness (QED) is 0.820. The van der Waals surface area contributed by atoms with E-state index in [-0.39, 0.29) is 11.9 Å². The molecule has 2 N–H and O–H groups in total. The third-order valence-corrected chi connectivity index (χ3v) is 2.47. The molecule has 6 nitrogen and oxygen atoms in total. The first kappa shape index (κ1) is 14.2. The van der Waals surface area contributed by atoms with Gasteiger partial charge in [0.25, 0.3) is 0 Å². The van der Waals surface area contributed by atoms with Crippen LogP contribution in [0.2, 0.25) is 0 Å². The van der Waals surface area contributed by atoms with Gasteiger partial charge in [-0.1, -0.05) is 0 Å². The topological polar surface area (TPSA) is 70.2 Å². The number of aryl methyl sites for hydroxylation is 1. The molecule has 0 radical (unpaired) electrons. The molecule has 0 saturated carbocycles. The standard InChI is InChI=1S/C12H21N5O/c1-6-13-12-14-7-8(2)10(16-12)15-9(3)11(18)17(4)5/h7,9H,6H2,1-5H3,(H2,13,14,15,16). The third kappa shape index (κ3) is 3.58. The molecule has 0 aromatic carbocycles. The van der Waals surface area contributed by atoms with Gasteiger partial charge in [-0.3, -0.25) is 4.79 Å². The Morgan fingerprint density at radius 3 is 2.72 bits per heavy atom. The van der Waals surface area contributed by atoms with Crippen molar-refractivity contribution >= 4 is 17.7 Å². The maximum Gasteiger partial charge on any atom is 0.244 e. The number of amides is 1. The molecule has 0 saturated heterocycles. The number of carbonyl (C=O) groups excluding carboxylic acids is 1. The van der Waals surface area contributed by atoms with Crippen molar-refractivity contribution in [2.24, 2.45) is 0 Å². The van der Waals surface area contributed by atoms with E-state index in [2.05, 4.69) is 20.6 Å². The molecule has 1 atom stereocenters. The van der Waals surface area contributed by atoms with Gasteiger partial charge in [0.2, 0.25) is 11.9 Å². The lowest BCUT2D eigenvalue weighted by atomic mass is 10.2. The highest BCUT2D eigenvalue weighted by Gasteiger charge is 2.16. The van der Waals surface area contributed by atoms with Crippen LogP contribution in [0.1, 0.15) is 19.4 Å². The zero-order valence-electron chi connectivity index (χ0n) is 11.6. The van der Waals surface area contributed by atoms with Crippen molar-refractivity contribution in [3.8, 4) is 0 Å². The third-order valence-electron chi connectivity index (χ3n) is 2.47. The lowest BCUT2D eigenvalue weighted by Gasteiger charge is -2.19. The molecule has 1 rings (SSSR count). The first-order chi connectivity index (χ1) is 8.45. The van der Waals surface area contributed by atoms with Crippen molar-refractivity contribution in [2.75, 3.05) is 31.3 Å². The summed E-state index contributed by atoms with van der Waals surface area (Å²) in [5.41, 5.74) is 0.912. The number of anilines is 2. The van der Waals surface area contributed by atoms with Crippen LogP contribution < -0.4 is 10.6 Å². The number of nitrogens with one attached hydrogen (secondary N) is 2. The molecule has 0 aliphatic heterocycles. The summed E-state index contributed by atoms with van der Waals surface area (Å²) in [5, 5.41) is 6.15. The highest BCUT2D eigenvalue weighted by molar-refractivity contribution is 5.83. The van der Waals surface area contributed by atoms with Gasteiger partial charge in [0.15, 0.2) is 0 Å². The second-order valence-corrected chi connectivity index (χ2v) is 4.35. The van der Waals surface area contributed by atoms with Crippen LogP contribution in [-0.4, -0.2) is 47.5 Å². The minimum atomic E-state index is -0.317. The highest BCUT2D eigenvalue weighted by Crippen LogP contribution is 2.13. The molecule has 18 heavy (non-hydrogen) atoms. The van der Waals surface area contributed by atoms with Crippen LogP contribution in [0.25, 0.3) is 0 Å². The summed E-state index contributed by atoms with van der Waals surface area (Å²) in [4.78, 5) is 21.8. The van der Waals surface area contributed by atoms with Gasteiger partial charge >= 0.3 is 0 Å². The van der Waals surface area contributed by atoms with Gasteiger partial charge in [-0.05, 0) is 20.8 Å². The summed E-state index contributed by atoms with van der Waals surface area (Å²) < 4.78 is 0. The zero-order chi connectivity index (χ0) is 13.7. The number of rotatable bonds is 5. The average molecular weight is 251 g/mol. The van der Waals surface area contributed by atoms with E-state index in [0.29, 0.717) is 11.8 Å². The number of aromatic nitrogens is 2. The predicted molar refractivity (Wildman–Crippen MR) is 72.7 cm³/mol. The molecule has 0 aliphatic rings. The van der Waals surface area contributed by atoms with Crippen molar-refractivity contribution in [1.82, 2.24) is 14.9 Å². The van der Waals surface area contributed by atoms with Gasteiger partial charge in [0, 0.05) is 32.4 Å². The van der Waals surface area contributed by atoms with E-state index in [9.17, 15) is 4.79 Å². The van der Waals surface area contributed by atoms with Gasteiger partial charge in [0.05, 0.1) is 0 Å². The lowest BCUT2D eigenvalue weighted by molar-refractivity contribution is -0.129. The summed E-state index contributed by atoms with van der Waals surface area (Å²) in [6, 6.07) is -0.317. The number of likely N-dealkylation sites (N-methyl/N-ethyl adjacent to an activating group) is 1. The second-order valence-electron chi connectivity index (χ2n) is 4.35. The Kier molecular flexibility index (Phi) is 4.88. The SMILES string of the molecule is CCNc1ncc(C)c(NC(C)C(=O)N(C)C)n1. The Bertz CT molecular complexity index is 419. The van der Waals surface area contributed by atoms with E-state index in [1.54, 1.807) is 25.2 Å². The van der Waals surface area contributed by atoms with Crippen molar-refractivity contribution < 1.29 is 4.79 Å². The fraction of sp³-hybridized carbons (Fsp3) is 0.583. The van der Waals surface area contributed by atoms with E-state index < -0.39 is 0 Å². The summed E-state index contributed by atoms with van der Waals surface area (Å²) in [7, 11) is 3.47.